The number of hydrogen-bond donors (Lipinski definition) is 3. The molecule has 0 amide bonds. The average Bonchev–Trinajstić information content (AvgIpc) is 3.26. The van der Waals surface area contributed by atoms with Crippen LogP contribution >= 0.6 is 0 Å². The molecule has 0 aliphatic heterocycles. The second-order valence-electron chi connectivity index (χ2n) is 4.75. The van der Waals surface area contributed by atoms with Crippen LogP contribution in [-0.4, -0.2) is 42.7 Å². The van der Waals surface area contributed by atoms with Gasteiger partial charge in [-0.2, -0.15) is 0 Å². The molecule has 106 valence electrons. The van der Waals surface area contributed by atoms with Gasteiger partial charge in [0.25, 0.3) is 0 Å². The third-order valence-electron chi connectivity index (χ3n) is 3.07. The maximum Gasteiger partial charge on any atom is 0.165 e. The van der Waals surface area contributed by atoms with Gasteiger partial charge in [-0.15, -0.1) is 0 Å². The first-order valence-electron chi connectivity index (χ1n) is 6.55. The average molecular weight is 267 g/mol. The summed E-state index contributed by atoms with van der Waals surface area (Å²) in [5, 5.41) is 21.6. The number of methoxy groups -OCH3 is 1. The van der Waals surface area contributed by atoms with E-state index in [0.717, 1.165) is 5.56 Å². The molecule has 0 saturated heterocycles. The molecular formula is C14H21NO4. The lowest BCUT2D eigenvalue weighted by Crippen LogP contribution is -2.22. The Balaban J connectivity index is 2.05. The topological polar surface area (TPSA) is 71.0 Å². The second kappa shape index (κ2) is 6.75. The number of aliphatic hydroxyl groups is 2. The fraction of sp³-hybridized carbons (Fsp3) is 0.571. The van der Waals surface area contributed by atoms with Crippen molar-refractivity contribution in [3.8, 4) is 11.5 Å². The minimum Gasteiger partial charge on any atom is -0.493 e. The van der Waals surface area contributed by atoms with Crippen LogP contribution in [0, 0.1) is 0 Å². The standard InChI is InChI=1S/C14H21NO4/c1-18-13-4-2-3-10(7-15-11-5-6-11)14(13)19-9-12(17)8-16/h2-4,11-12,15-17H,5-9H2,1H3. The number of aliphatic hydroxyl groups excluding tert-OH is 2. The maximum atomic E-state index is 9.37. The van der Waals surface area contributed by atoms with Gasteiger partial charge in [-0.1, -0.05) is 12.1 Å². The first-order valence-corrected chi connectivity index (χ1v) is 6.55. The summed E-state index contributed by atoms with van der Waals surface area (Å²) < 4.78 is 10.9. The maximum absolute atomic E-state index is 9.37. The molecule has 5 nitrogen and oxygen atoms in total. The van der Waals surface area contributed by atoms with Gasteiger partial charge >= 0.3 is 0 Å². The minimum atomic E-state index is -0.880. The molecule has 2 rings (SSSR count). The van der Waals surface area contributed by atoms with Crippen LogP contribution in [0.4, 0.5) is 0 Å². The van der Waals surface area contributed by atoms with E-state index in [4.69, 9.17) is 14.6 Å². The van der Waals surface area contributed by atoms with E-state index in [1.807, 2.05) is 18.2 Å². The van der Waals surface area contributed by atoms with Crippen molar-refractivity contribution in [3.63, 3.8) is 0 Å². The molecule has 1 fully saturated rings. The molecule has 1 saturated carbocycles. The molecule has 3 N–H and O–H groups in total. The molecule has 19 heavy (non-hydrogen) atoms. The van der Waals surface area contributed by atoms with Crippen molar-refractivity contribution in [2.45, 2.75) is 31.5 Å². The van der Waals surface area contributed by atoms with Gasteiger partial charge in [-0.3, -0.25) is 0 Å². The third kappa shape index (κ3) is 4.09. The highest BCUT2D eigenvalue weighted by atomic mass is 16.5. The number of para-hydroxylation sites is 1. The van der Waals surface area contributed by atoms with E-state index in [9.17, 15) is 5.11 Å². The summed E-state index contributed by atoms with van der Waals surface area (Å²) >= 11 is 0. The molecular weight excluding hydrogens is 246 g/mol. The molecule has 1 unspecified atom stereocenters. The highest BCUT2D eigenvalue weighted by Gasteiger charge is 2.21. The van der Waals surface area contributed by atoms with Gasteiger partial charge in [-0.25, -0.2) is 0 Å². The van der Waals surface area contributed by atoms with Gasteiger partial charge in [0.2, 0.25) is 0 Å². The van der Waals surface area contributed by atoms with Crippen molar-refractivity contribution >= 4 is 0 Å². The molecule has 0 bridgehead atoms. The Hall–Kier alpha value is -1.30. The van der Waals surface area contributed by atoms with Crippen LogP contribution in [0.25, 0.3) is 0 Å². The van der Waals surface area contributed by atoms with Gasteiger partial charge in [0.05, 0.1) is 13.7 Å². The van der Waals surface area contributed by atoms with Crippen LogP contribution in [-0.2, 0) is 6.54 Å². The Morgan fingerprint density at radius 3 is 2.84 bits per heavy atom. The largest absolute Gasteiger partial charge is 0.493 e. The molecule has 0 heterocycles. The van der Waals surface area contributed by atoms with Crippen molar-refractivity contribution < 1.29 is 19.7 Å². The fourth-order valence-corrected chi connectivity index (χ4v) is 1.80. The van der Waals surface area contributed by atoms with Crippen LogP contribution in [0.3, 0.4) is 0 Å². The highest BCUT2D eigenvalue weighted by Crippen LogP contribution is 2.32. The van der Waals surface area contributed by atoms with Crippen molar-refractivity contribution in [3.05, 3.63) is 23.8 Å². The fourth-order valence-electron chi connectivity index (χ4n) is 1.80. The highest BCUT2D eigenvalue weighted by molar-refractivity contribution is 5.46. The minimum absolute atomic E-state index is 0.0489. The summed E-state index contributed by atoms with van der Waals surface area (Å²) in [4.78, 5) is 0. The van der Waals surface area contributed by atoms with E-state index in [0.29, 0.717) is 24.1 Å². The summed E-state index contributed by atoms with van der Waals surface area (Å²) in [7, 11) is 1.59. The van der Waals surface area contributed by atoms with Crippen molar-refractivity contribution in [2.75, 3.05) is 20.3 Å². The third-order valence-corrected chi connectivity index (χ3v) is 3.07. The molecule has 1 aromatic rings. The van der Waals surface area contributed by atoms with Crippen LogP contribution in [0.2, 0.25) is 0 Å². The van der Waals surface area contributed by atoms with Crippen LogP contribution < -0.4 is 14.8 Å². The lowest BCUT2D eigenvalue weighted by Gasteiger charge is -2.17. The number of rotatable bonds is 8. The van der Waals surface area contributed by atoms with Gasteiger partial charge < -0.3 is 25.0 Å². The van der Waals surface area contributed by atoms with E-state index < -0.39 is 6.10 Å². The Labute approximate surface area is 113 Å². The SMILES string of the molecule is COc1cccc(CNC2CC2)c1OCC(O)CO. The summed E-state index contributed by atoms with van der Waals surface area (Å²) in [5.74, 6) is 1.27. The Morgan fingerprint density at radius 2 is 2.21 bits per heavy atom. The first-order chi connectivity index (χ1) is 9.24. The van der Waals surface area contributed by atoms with Gasteiger partial charge in [0.15, 0.2) is 11.5 Å². The lowest BCUT2D eigenvalue weighted by molar-refractivity contribution is 0.0523. The van der Waals surface area contributed by atoms with Crippen LogP contribution in [0.15, 0.2) is 18.2 Å². The van der Waals surface area contributed by atoms with Gasteiger partial charge in [0.1, 0.15) is 12.7 Å². The Bertz CT molecular complexity index is 406. The summed E-state index contributed by atoms with van der Waals surface area (Å²) in [6.07, 6.45) is 1.57. The lowest BCUT2D eigenvalue weighted by atomic mass is 10.2. The molecule has 1 aliphatic carbocycles. The van der Waals surface area contributed by atoms with Gasteiger partial charge in [0, 0.05) is 18.2 Å². The Kier molecular flexibility index (Phi) is 5.01. The van der Waals surface area contributed by atoms with Crippen molar-refractivity contribution in [1.82, 2.24) is 5.32 Å². The number of hydrogen-bond acceptors (Lipinski definition) is 5. The summed E-state index contributed by atoms with van der Waals surface area (Å²) in [6, 6.07) is 6.32. The zero-order valence-electron chi connectivity index (χ0n) is 11.1. The molecule has 1 aliphatic rings. The predicted molar refractivity (Wildman–Crippen MR) is 71.4 cm³/mol. The summed E-state index contributed by atoms with van der Waals surface area (Å²) in [5.41, 5.74) is 0.997. The van der Waals surface area contributed by atoms with E-state index in [-0.39, 0.29) is 13.2 Å². The van der Waals surface area contributed by atoms with Crippen LogP contribution in [0.5, 0.6) is 11.5 Å². The molecule has 0 radical (unpaired) electrons. The molecule has 1 atom stereocenters. The van der Waals surface area contributed by atoms with E-state index in [2.05, 4.69) is 5.32 Å². The monoisotopic (exact) mass is 267 g/mol. The quantitative estimate of drug-likeness (QED) is 0.646. The van der Waals surface area contributed by atoms with E-state index >= 15 is 0 Å². The predicted octanol–water partition coefficient (Wildman–Crippen LogP) is 0.679. The summed E-state index contributed by atoms with van der Waals surface area (Å²) in [6.45, 7) is 0.449. The van der Waals surface area contributed by atoms with Crippen molar-refractivity contribution in [2.24, 2.45) is 0 Å². The molecule has 1 aromatic carbocycles. The zero-order valence-corrected chi connectivity index (χ0v) is 11.1. The van der Waals surface area contributed by atoms with E-state index in [1.165, 1.54) is 12.8 Å². The molecule has 0 spiro atoms. The Morgan fingerprint density at radius 1 is 1.42 bits per heavy atom. The smallest absolute Gasteiger partial charge is 0.165 e. The number of ether oxygens (including phenoxy) is 2. The molecule has 0 aromatic heterocycles. The zero-order chi connectivity index (χ0) is 13.7. The second-order valence-corrected chi connectivity index (χ2v) is 4.75. The van der Waals surface area contributed by atoms with Crippen molar-refractivity contribution in [1.29, 1.82) is 0 Å². The molecule has 5 heteroatoms. The number of benzene rings is 1. The number of nitrogens with one attached hydrogen (secondary N) is 1. The van der Waals surface area contributed by atoms with Crippen LogP contribution in [0.1, 0.15) is 18.4 Å². The first kappa shape index (κ1) is 14.1. The normalized spacial score (nSPS) is 16.2. The van der Waals surface area contributed by atoms with E-state index in [1.54, 1.807) is 7.11 Å². The van der Waals surface area contributed by atoms with Gasteiger partial charge in [-0.05, 0) is 18.9 Å².